The molecule has 0 aliphatic carbocycles. The van der Waals surface area contributed by atoms with Crippen molar-refractivity contribution in [2.75, 3.05) is 6.26 Å². The number of imidazole rings is 1. The molecule has 1 aromatic heterocycles. The molecule has 24 heavy (non-hydrogen) atoms. The van der Waals surface area contributed by atoms with Crippen molar-refractivity contribution in [2.45, 2.75) is 18.4 Å². The van der Waals surface area contributed by atoms with Gasteiger partial charge in [0.15, 0.2) is 9.84 Å². The van der Waals surface area contributed by atoms with E-state index >= 15 is 0 Å². The highest BCUT2D eigenvalue weighted by atomic mass is 32.2. The van der Waals surface area contributed by atoms with Gasteiger partial charge in [0.05, 0.1) is 22.5 Å². The number of aromatic nitrogens is 2. The maximum atomic E-state index is 12.4. The molecule has 0 unspecified atom stereocenters. The van der Waals surface area contributed by atoms with Crippen LogP contribution in [0.25, 0.3) is 11.0 Å². The summed E-state index contributed by atoms with van der Waals surface area (Å²) in [6, 6.07) is 12.1. The Balaban J connectivity index is 1.79. The van der Waals surface area contributed by atoms with Gasteiger partial charge in [0, 0.05) is 11.8 Å². The number of hydrogen-bond acceptors (Lipinski definition) is 4. The van der Waals surface area contributed by atoms with Crippen LogP contribution in [0, 0.1) is 6.92 Å². The number of nitrogens with zero attached hydrogens (tertiary/aromatic N) is 1. The van der Waals surface area contributed by atoms with Crippen molar-refractivity contribution in [3.8, 4) is 0 Å². The Labute approximate surface area is 139 Å². The molecule has 3 aromatic rings. The van der Waals surface area contributed by atoms with E-state index in [1.165, 1.54) is 12.1 Å². The number of aromatic amines is 1. The van der Waals surface area contributed by atoms with Crippen molar-refractivity contribution in [2.24, 2.45) is 0 Å². The van der Waals surface area contributed by atoms with Gasteiger partial charge in [0.1, 0.15) is 5.82 Å². The third-order valence-corrected chi connectivity index (χ3v) is 4.85. The summed E-state index contributed by atoms with van der Waals surface area (Å²) in [5.41, 5.74) is 2.78. The summed E-state index contributed by atoms with van der Waals surface area (Å²) in [7, 11) is -3.36. The van der Waals surface area contributed by atoms with Crippen LogP contribution in [0.4, 0.5) is 0 Å². The lowest BCUT2D eigenvalue weighted by molar-refractivity contribution is 0.0949. The molecular formula is C17H17N3O3S. The Bertz CT molecular complexity index is 989. The third kappa shape index (κ3) is 3.30. The SMILES string of the molecule is Cc1ccc(S(C)(=O)=O)cc1C(=O)NCc1nc2ccccc2[nH]1. The maximum Gasteiger partial charge on any atom is 0.251 e. The molecule has 0 aliphatic heterocycles. The highest BCUT2D eigenvalue weighted by Gasteiger charge is 2.14. The predicted molar refractivity (Wildman–Crippen MR) is 91.6 cm³/mol. The van der Waals surface area contributed by atoms with E-state index in [-0.39, 0.29) is 17.3 Å². The van der Waals surface area contributed by atoms with Gasteiger partial charge in [0.2, 0.25) is 0 Å². The largest absolute Gasteiger partial charge is 0.345 e. The molecule has 2 N–H and O–H groups in total. The fraction of sp³-hybridized carbons (Fsp3) is 0.176. The van der Waals surface area contributed by atoms with Crippen molar-refractivity contribution in [3.63, 3.8) is 0 Å². The zero-order chi connectivity index (χ0) is 17.3. The lowest BCUT2D eigenvalue weighted by atomic mass is 10.1. The van der Waals surface area contributed by atoms with Gasteiger partial charge in [-0.05, 0) is 36.8 Å². The van der Waals surface area contributed by atoms with Crippen molar-refractivity contribution in [1.29, 1.82) is 0 Å². The second-order valence-electron chi connectivity index (χ2n) is 5.63. The first-order valence-corrected chi connectivity index (χ1v) is 9.26. The molecule has 0 atom stereocenters. The minimum Gasteiger partial charge on any atom is -0.345 e. The summed E-state index contributed by atoms with van der Waals surface area (Å²) < 4.78 is 23.3. The van der Waals surface area contributed by atoms with Crippen LogP contribution in [0.3, 0.4) is 0 Å². The second kappa shape index (κ2) is 6.09. The highest BCUT2D eigenvalue weighted by molar-refractivity contribution is 7.90. The Kier molecular flexibility index (Phi) is 4.11. The number of rotatable bonds is 4. The third-order valence-electron chi connectivity index (χ3n) is 3.74. The Morgan fingerprint density at radius 3 is 2.67 bits per heavy atom. The zero-order valence-corrected chi connectivity index (χ0v) is 14.1. The number of carbonyl (C=O) groups is 1. The van der Waals surface area contributed by atoms with Crippen molar-refractivity contribution >= 4 is 26.8 Å². The van der Waals surface area contributed by atoms with E-state index in [0.29, 0.717) is 17.0 Å². The van der Waals surface area contributed by atoms with Gasteiger partial charge in [-0.1, -0.05) is 18.2 Å². The van der Waals surface area contributed by atoms with Crippen LogP contribution < -0.4 is 5.32 Å². The molecule has 3 rings (SSSR count). The van der Waals surface area contributed by atoms with Crippen molar-refractivity contribution in [1.82, 2.24) is 15.3 Å². The Morgan fingerprint density at radius 1 is 1.21 bits per heavy atom. The topological polar surface area (TPSA) is 91.9 Å². The summed E-state index contributed by atoms with van der Waals surface area (Å²) in [6.07, 6.45) is 1.12. The minimum atomic E-state index is -3.36. The van der Waals surface area contributed by atoms with Crippen molar-refractivity contribution in [3.05, 3.63) is 59.4 Å². The van der Waals surface area contributed by atoms with Crippen LogP contribution in [0.15, 0.2) is 47.4 Å². The number of hydrogen-bond donors (Lipinski definition) is 2. The van der Waals surface area contributed by atoms with Crippen molar-refractivity contribution < 1.29 is 13.2 Å². The van der Waals surface area contributed by atoms with Gasteiger partial charge in [-0.25, -0.2) is 13.4 Å². The Morgan fingerprint density at radius 2 is 1.96 bits per heavy atom. The lowest BCUT2D eigenvalue weighted by Crippen LogP contribution is -2.24. The fourth-order valence-corrected chi connectivity index (χ4v) is 3.07. The number of aryl methyl sites for hydroxylation is 1. The molecule has 0 radical (unpaired) electrons. The molecule has 0 saturated heterocycles. The van der Waals surface area contributed by atoms with Crippen LogP contribution in [0.1, 0.15) is 21.7 Å². The molecule has 1 amide bonds. The van der Waals surface area contributed by atoms with Gasteiger partial charge in [-0.2, -0.15) is 0 Å². The number of carbonyl (C=O) groups excluding carboxylic acids is 1. The van der Waals surface area contributed by atoms with Crippen LogP contribution in [-0.4, -0.2) is 30.5 Å². The average Bonchev–Trinajstić information content (AvgIpc) is 2.94. The zero-order valence-electron chi connectivity index (χ0n) is 13.3. The summed E-state index contributed by atoms with van der Waals surface area (Å²) >= 11 is 0. The molecule has 7 heteroatoms. The first-order valence-electron chi connectivity index (χ1n) is 7.37. The monoisotopic (exact) mass is 343 g/mol. The molecule has 6 nitrogen and oxygen atoms in total. The molecule has 0 fully saturated rings. The molecule has 2 aromatic carbocycles. The maximum absolute atomic E-state index is 12.4. The normalized spacial score (nSPS) is 11.6. The smallest absolute Gasteiger partial charge is 0.251 e. The van der Waals surface area contributed by atoms with Crippen LogP contribution >= 0.6 is 0 Å². The average molecular weight is 343 g/mol. The number of amides is 1. The molecule has 0 saturated carbocycles. The molecule has 0 spiro atoms. The van der Waals surface area contributed by atoms with Gasteiger partial charge < -0.3 is 10.3 Å². The lowest BCUT2D eigenvalue weighted by Gasteiger charge is -2.08. The molecule has 0 bridgehead atoms. The van der Waals surface area contributed by atoms with Gasteiger partial charge >= 0.3 is 0 Å². The predicted octanol–water partition coefficient (Wildman–Crippen LogP) is 2.20. The fourth-order valence-electron chi connectivity index (χ4n) is 2.42. The number of nitrogens with one attached hydrogen (secondary N) is 2. The van der Waals surface area contributed by atoms with E-state index in [4.69, 9.17) is 0 Å². The first kappa shape index (κ1) is 16.2. The molecule has 0 aliphatic rings. The molecular weight excluding hydrogens is 326 g/mol. The summed E-state index contributed by atoms with van der Waals surface area (Å²) in [5.74, 6) is 0.305. The van der Waals surface area contributed by atoms with Gasteiger partial charge in [-0.15, -0.1) is 0 Å². The van der Waals surface area contributed by atoms with E-state index in [2.05, 4.69) is 15.3 Å². The van der Waals surface area contributed by atoms with E-state index in [1.807, 2.05) is 24.3 Å². The van der Waals surface area contributed by atoms with Crippen LogP contribution in [0.2, 0.25) is 0 Å². The number of benzene rings is 2. The number of sulfone groups is 1. The van der Waals surface area contributed by atoms with Crippen LogP contribution in [0.5, 0.6) is 0 Å². The van der Waals surface area contributed by atoms with Crippen LogP contribution in [-0.2, 0) is 16.4 Å². The van der Waals surface area contributed by atoms with Gasteiger partial charge in [-0.3, -0.25) is 4.79 Å². The molecule has 124 valence electrons. The first-order chi connectivity index (χ1) is 11.3. The van der Waals surface area contributed by atoms with Gasteiger partial charge in [0.25, 0.3) is 5.91 Å². The summed E-state index contributed by atoms with van der Waals surface area (Å²) in [6.45, 7) is 2.00. The number of H-pyrrole nitrogens is 1. The molecule has 1 heterocycles. The highest BCUT2D eigenvalue weighted by Crippen LogP contribution is 2.16. The minimum absolute atomic E-state index is 0.127. The summed E-state index contributed by atoms with van der Waals surface area (Å²) in [4.78, 5) is 20.0. The van der Waals surface area contributed by atoms with E-state index < -0.39 is 9.84 Å². The quantitative estimate of drug-likeness (QED) is 0.760. The number of para-hydroxylation sites is 2. The number of fused-ring (bicyclic) bond motifs is 1. The second-order valence-corrected chi connectivity index (χ2v) is 7.65. The van der Waals surface area contributed by atoms with E-state index in [9.17, 15) is 13.2 Å². The Hall–Kier alpha value is -2.67. The summed E-state index contributed by atoms with van der Waals surface area (Å²) in [5, 5.41) is 2.77. The van der Waals surface area contributed by atoms with E-state index in [0.717, 1.165) is 17.3 Å². The van der Waals surface area contributed by atoms with E-state index in [1.54, 1.807) is 13.0 Å². The standard InChI is InChI=1S/C17H17N3O3S/c1-11-7-8-12(24(2,22)23)9-13(11)17(21)18-10-16-19-14-5-3-4-6-15(14)20-16/h3-9H,10H2,1-2H3,(H,18,21)(H,19,20).